The molecule has 1 fully saturated rings. The van der Waals surface area contributed by atoms with Gasteiger partial charge in [-0.25, -0.2) is 0 Å². The number of ether oxygens (including phenoxy) is 1. The summed E-state index contributed by atoms with van der Waals surface area (Å²) in [7, 11) is 1.58. The van der Waals surface area contributed by atoms with Crippen molar-refractivity contribution in [2.45, 2.75) is 32.9 Å². The first-order valence-electron chi connectivity index (χ1n) is 7.57. The van der Waals surface area contributed by atoms with Crippen molar-refractivity contribution in [3.8, 4) is 11.5 Å². The normalized spacial score (nSPS) is 18.7. The van der Waals surface area contributed by atoms with Crippen LogP contribution in [0.1, 0.15) is 25.8 Å². The van der Waals surface area contributed by atoms with Gasteiger partial charge in [0.25, 0.3) is 0 Å². The maximum atomic E-state index is 9.86. The van der Waals surface area contributed by atoms with Crippen LogP contribution in [0, 0.1) is 0 Å². The molecule has 2 rings (SSSR count). The molecule has 0 radical (unpaired) electrons. The van der Waals surface area contributed by atoms with Crippen molar-refractivity contribution in [1.29, 1.82) is 0 Å². The second-order valence-electron chi connectivity index (χ2n) is 5.70. The summed E-state index contributed by atoms with van der Waals surface area (Å²) < 4.78 is 5.90. The number of piperazine rings is 1. The highest BCUT2D eigenvalue weighted by Gasteiger charge is 2.20. The van der Waals surface area contributed by atoms with Gasteiger partial charge in [-0.2, -0.15) is 0 Å². The van der Waals surface area contributed by atoms with E-state index < -0.39 is 0 Å². The Hall–Kier alpha value is -0.780. The highest BCUT2D eigenvalue weighted by atomic mass is 79.9. The highest BCUT2D eigenvalue weighted by Crippen LogP contribution is 2.35. The lowest BCUT2D eigenvalue weighted by atomic mass is 10.1. The third-order valence-electron chi connectivity index (χ3n) is 4.34. The molecule has 1 heterocycles. The van der Waals surface area contributed by atoms with Crippen LogP contribution in [0.25, 0.3) is 0 Å². The zero-order valence-corrected chi connectivity index (χ0v) is 14.7. The lowest BCUT2D eigenvalue weighted by molar-refractivity contribution is 0.0963. The Morgan fingerprint density at radius 3 is 2.52 bits per heavy atom. The molecule has 1 aliphatic heterocycles. The standard InChI is InChI=1S/C16H25BrN2O2/c1-4-12(2)19-7-5-18(6-8-19)11-13-9-14(17)16(20)15(10-13)21-3/h9-10,12,20H,4-8,11H2,1-3H3. The molecular formula is C16H25BrN2O2. The molecule has 1 aliphatic rings. The van der Waals surface area contributed by atoms with E-state index in [0.29, 0.717) is 16.3 Å². The van der Waals surface area contributed by atoms with Gasteiger partial charge in [-0.05, 0) is 47.0 Å². The number of phenols is 1. The molecule has 5 heteroatoms. The number of methoxy groups -OCH3 is 1. The predicted octanol–water partition coefficient (Wildman–Crippen LogP) is 3.08. The summed E-state index contributed by atoms with van der Waals surface area (Å²) in [5.74, 6) is 0.695. The van der Waals surface area contributed by atoms with Crippen LogP contribution in [0.4, 0.5) is 0 Å². The molecular weight excluding hydrogens is 332 g/mol. The fourth-order valence-electron chi connectivity index (χ4n) is 2.75. The Morgan fingerprint density at radius 2 is 1.95 bits per heavy atom. The van der Waals surface area contributed by atoms with Gasteiger partial charge in [0.2, 0.25) is 0 Å². The number of nitrogens with zero attached hydrogens (tertiary/aromatic N) is 2. The van der Waals surface area contributed by atoms with Gasteiger partial charge in [0.05, 0.1) is 11.6 Å². The zero-order valence-electron chi connectivity index (χ0n) is 13.1. The van der Waals surface area contributed by atoms with Crippen molar-refractivity contribution in [1.82, 2.24) is 9.80 Å². The van der Waals surface area contributed by atoms with E-state index in [1.165, 1.54) is 6.42 Å². The number of hydrogen-bond donors (Lipinski definition) is 1. The predicted molar refractivity (Wildman–Crippen MR) is 89.0 cm³/mol. The molecule has 0 aromatic heterocycles. The maximum absolute atomic E-state index is 9.86. The Kier molecular flexibility index (Phi) is 5.90. The molecule has 0 spiro atoms. The van der Waals surface area contributed by atoms with Gasteiger partial charge in [-0.1, -0.05) is 6.92 Å². The number of phenolic OH excluding ortho intramolecular Hbond substituents is 1. The van der Waals surface area contributed by atoms with Gasteiger partial charge in [0.1, 0.15) is 0 Å². The second kappa shape index (κ2) is 7.47. The van der Waals surface area contributed by atoms with Gasteiger partial charge in [0, 0.05) is 38.8 Å². The van der Waals surface area contributed by atoms with Gasteiger partial charge in [-0.3, -0.25) is 9.80 Å². The van der Waals surface area contributed by atoms with E-state index in [4.69, 9.17) is 4.74 Å². The van der Waals surface area contributed by atoms with Crippen molar-refractivity contribution in [3.05, 3.63) is 22.2 Å². The smallest absolute Gasteiger partial charge is 0.172 e. The monoisotopic (exact) mass is 356 g/mol. The molecule has 0 bridgehead atoms. The van der Waals surface area contributed by atoms with Crippen LogP contribution in [0.15, 0.2) is 16.6 Å². The van der Waals surface area contributed by atoms with Crippen molar-refractivity contribution < 1.29 is 9.84 Å². The summed E-state index contributed by atoms with van der Waals surface area (Å²) in [4.78, 5) is 5.01. The summed E-state index contributed by atoms with van der Waals surface area (Å²) in [6, 6.07) is 4.56. The van der Waals surface area contributed by atoms with Crippen molar-refractivity contribution >= 4 is 15.9 Å². The van der Waals surface area contributed by atoms with Crippen LogP contribution in [0.2, 0.25) is 0 Å². The molecule has 1 N–H and O–H groups in total. The van der Waals surface area contributed by atoms with Crippen molar-refractivity contribution in [2.24, 2.45) is 0 Å². The average molecular weight is 357 g/mol. The fourth-order valence-corrected chi connectivity index (χ4v) is 3.24. The molecule has 1 aromatic rings. The molecule has 4 nitrogen and oxygen atoms in total. The summed E-state index contributed by atoms with van der Waals surface area (Å²) >= 11 is 3.38. The van der Waals surface area contributed by atoms with Crippen LogP contribution in [0.3, 0.4) is 0 Å². The first-order chi connectivity index (χ1) is 10.0. The molecule has 1 atom stereocenters. The molecule has 0 aliphatic carbocycles. The summed E-state index contributed by atoms with van der Waals surface area (Å²) in [6.07, 6.45) is 1.21. The lowest BCUT2D eigenvalue weighted by Gasteiger charge is -2.37. The van der Waals surface area contributed by atoms with Gasteiger partial charge in [-0.15, -0.1) is 0 Å². The minimum absolute atomic E-state index is 0.169. The Morgan fingerprint density at radius 1 is 1.29 bits per heavy atom. The molecule has 1 saturated heterocycles. The third-order valence-corrected chi connectivity index (χ3v) is 4.94. The minimum Gasteiger partial charge on any atom is -0.503 e. The highest BCUT2D eigenvalue weighted by molar-refractivity contribution is 9.10. The van der Waals surface area contributed by atoms with Crippen LogP contribution >= 0.6 is 15.9 Å². The Balaban J connectivity index is 1.96. The minimum atomic E-state index is 0.169. The zero-order chi connectivity index (χ0) is 15.4. The third kappa shape index (κ3) is 4.11. The quantitative estimate of drug-likeness (QED) is 0.879. The van der Waals surface area contributed by atoms with Crippen molar-refractivity contribution in [3.63, 3.8) is 0 Å². The van der Waals surface area contributed by atoms with E-state index in [0.717, 1.165) is 38.3 Å². The van der Waals surface area contributed by atoms with E-state index in [2.05, 4.69) is 39.6 Å². The summed E-state index contributed by atoms with van der Waals surface area (Å²) in [5, 5.41) is 9.86. The number of aromatic hydroxyl groups is 1. The Labute approximate surface area is 135 Å². The largest absolute Gasteiger partial charge is 0.503 e. The number of rotatable bonds is 5. The number of halogens is 1. The average Bonchev–Trinajstić information content (AvgIpc) is 2.50. The first-order valence-corrected chi connectivity index (χ1v) is 8.36. The molecule has 0 amide bonds. The second-order valence-corrected chi connectivity index (χ2v) is 6.55. The van der Waals surface area contributed by atoms with Crippen molar-refractivity contribution in [2.75, 3.05) is 33.3 Å². The fraction of sp³-hybridized carbons (Fsp3) is 0.625. The van der Waals surface area contributed by atoms with E-state index in [1.807, 2.05) is 12.1 Å². The summed E-state index contributed by atoms with van der Waals surface area (Å²) in [6.45, 7) is 9.88. The van der Waals surface area contributed by atoms with Gasteiger partial charge < -0.3 is 9.84 Å². The molecule has 1 aromatic carbocycles. The van der Waals surface area contributed by atoms with Gasteiger partial charge >= 0.3 is 0 Å². The van der Waals surface area contributed by atoms with E-state index in [1.54, 1.807) is 7.11 Å². The Bertz CT molecular complexity index is 474. The number of hydrogen-bond acceptors (Lipinski definition) is 4. The van der Waals surface area contributed by atoms with E-state index >= 15 is 0 Å². The first kappa shape index (κ1) is 16.6. The molecule has 1 unspecified atom stereocenters. The van der Waals surface area contributed by atoms with E-state index in [-0.39, 0.29) is 5.75 Å². The van der Waals surface area contributed by atoms with Crippen LogP contribution in [-0.2, 0) is 6.54 Å². The molecule has 118 valence electrons. The topological polar surface area (TPSA) is 35.9 Å². The van der Waals surface area contributed by atoms with Crippen LogP contribution in [0.5, 0.6) is 11.5 Å². The summed E-state index contributed by atoms with van der Waals surface area (Å²) in [5.41, 5.74) is 1.16. The van der Waals surface area contributed by atoms with E-state index in [9.17, 15) is 5.11 Å². The van der Waals surface area contributed by atoms with Gasteiger partial charge in [0.15, 0.2) is 11.5 Å². The van der Waals surface area contributed by atoms with Crippen LogP contribution < -0.4 is 4.74 Å². The molecule has 21 heavy (non-hydrogen) atoms. The molecule has 0 saturated carbocycles. The number of benzene rings is 1. The van der Waals surface area contributed by atoms with Crippen LogP contribution in [-0.4, -0.2) is 54.2 Å². The maximum Gasteiger partial charge on any atom is 0.172 e. The SMILES string of the molecule is CCC(C)N1CCN(Cc2cc(Br)c(O)c(OC)c2)CC1. The lowest BCUT2D eigenvalue weighted by Crippen LogP contribution is -2.48.